The summed E-state index contributed by atoms with van der Waals surface area (Å²) in [6.07, 6.45) is 5.37. The number of aromatic amines is 1. The van der Waals surface area contributed by atoms with Crippen LogP contribution < -0.4 is 11.1 Å². The predicted molar refractivity (Wildman–Crippen MR) is 128 cm³/mol. The van der Waals surface area contributed by atoms with E-state index in [0.29, 0.717) is 34.5 Å². The lowest BCUT2D eigenvalue weighted by Crippen LogP contribution is -2.45. The maximum Gasteiger partial charge on any atom is 0.253 e. The summed E-state index contributed by atoms with van der Waals surface area (Å²) < 4.78 is 0. The standard InChI is InChI=1S/C24H23ClN6O/c25-20-13-28-24(30-22(20)19-12-27-21-6-2-1-5-18(19)21)29-17-4-3-11-31(14-17)23(32)15-7-9-16(26)10-8-15/h1-2,5-10,12-13,17,27H,3-4,11,14,26H2,(H,28,29,30). The molecule has 1 unspecified atom stereocenters. The van der Waals surface area contributed by atoms with E-state index in [1.54, 1.807) is 30.5 Å². The molecule has 2 aromatic carbocycles. The molecule has 4 N–H and O–H groups in total. The first-order valence-electron chi connectivity index (χ1n) is 10.6. The molecule has 0 saturated carbocycles. The van der Waals surface area contributed by atoms with Crippen LogP contribution in [0.15, 0.2) is 60.9 Å². The zero-order valence-corrected chi connectivity index (χ0v) is 18.1. The molecular formula is C24H23ClN6O. The summed E-state index contributed by atoms with van der Waals surface area (Å²) in [5, 5.41) is 4.94. The highest BCUT2D eigenvalue weighted by Gasteiger charge is 2.25. The normalized spacial score (nSPS) is 16.3. The van der Waals surface area contributed by atoms with Gasteiger partial charge in [-0.2, -0.15) is 0 Å². The summed E-state index contributed by atoms with van der Waals surface area (Å²) in [5.74, 6) is 0.509. The number of carbonyl (C=O) groups excluding carboxylic acids is 1. The molecule has 1 aliphatic rings. The molecule has 1 aliphatic heterocycles. The van der Waals surface area contributed by atoms with Gasteiger partial charge in [-0.05, 0) is 43.2 Å². The first-order chi connectivity index (χ1) is 15.6. The van der Waals surface area contributed by atoms with Crippen molar-refractivity contribution in [3.05, 3.63) is 71.5 Å². The lowest BCUT2D eigenvalue weighted by molar-refractivity contribution is 0.0714. The number of nitrogens with zero attached hydrogens (tertiary/aromatic N) is 3. The van der Waals surface area contributed by atoms with Gasteiger partial charge in [0, 0.05) is 53.0 Å². The number of nitrogens with one attached hydrogen (secondary N) is 2. The van der Waals surface area contributed by atoms with Gasteiger partial charge < -0.3 is 20.9 Å². The third-order valence-corrected chi connectivity index (χ3v) is 6.06. The Bertz CT molecular complexity index is 1270. The second kappa shape index (κ2) is 8.51. The Hall–Kier alpha value is -3.58. The van der Waals surface area contributed by atoms with Gasteiger partial charge in [0.2, 0.25) is 5.95 Å². The van der Waals surface area contributed by atoms with E-state index >= 15 is 0 Å². The molecule has 1 atom stereocenters. The number of benzene rings is 2. The molecule has 0 radical (unpaired) electrons. The van der Waals surface area contributed by atoms with E-state index in [1.165, 1.54) is 0 Å². The summed E-state index contributed by atoms with van der Waals surface area (Å²) in [6.45, 7) is 1.31. The number of amides is 1. The monoisotopic (exact) mass is 446 g/mol. The van der Waals surface area contributed by atoms with E-state index in [1.807, 2.05) is 35.4 Å². The number of para-hydroxylation sites is 1. The third-order valence-electron chi connectivity index (χ3n) is 5.79. The predicted octanol–water partition coefficient (Wildman–Crippen LogP) is 4.58. The van der Waals surface area contributed by atoms with Crippen LogP contribution in [0.1, 0.15) is 23.2 Å². The maximum atomic E-state index is 12.9. The molecule has 0 aliphatic carbocycles. The number of halogens is 1. The molecule has 0 bridgehead atoms. The minimum atomic E-state index is 0.00741. The van der Waals surface area contributed by atoms with Crippen LogP contribution in [0, 0.1) is 0 Å². The molecule has 3 heterocycles. The quantitative estimate of drug-likeness (QED) is 0.398. The Morgan fingerprint density at radius 1 is 1.19 bits per heavy atom. The van der Waals surface area contributed by atoms with E-state index in [2.05, 4.69) is 15.3 Å². The number of nitrogens with two attached hydrogens (primary N) is 1. The zero-order chi connectivity index (χ0) is 22.1. The molecule has 1 saturated heterocycles. The number of anilines is 2. The fraction of sp³-hybridized carbons (Fsp3) is 0.208. The summed E-state index contributed by atoms with van der Waals surface area (Å²) in [5.41, 5.74) is 9.66. The van der Waals surface area contributed by atoms with Gasteiger partial charge in [0.25, 0.3) is 5.91 Å². The first kappa shape index (κ1) is 20.3. The third kappa shape index (κ3) is 3.99. The van der Waals surface area contributed by atoms with Gasteiger partial charge in [-0.15, -0.1) is 0 Å². The van der Waals surface area contributed by atoms with Crippen molar-refractivity contribution >= 4 is 40.0 Å². The number of carbonyl (C=O) groups is 1. The lowest BCUT2D eigenvalue weighted by atomic mass is 10.0. The lowest BCUT2D eigenvalue weighted by Gasteiger charge is -2.33. The van der Waals surface area contributed by atoms with E-state index < -0.39 is 0 Å². The Morgan fingerprint density at radius 2 is 2.00 bits per heavy atom. The number of fused-ring (bicyclic) bond motifs is 1. The first-order valence-corrected chi connectivity index (χ1v) is 11.0. The highest BCUT2D eigenvalue weighted by molar-refractivity contribution is 6.33. The second-order valence-corrected chi connectivity index (χ2v) is 8.40. The van der Waals surface area contributed by atoms with Crippen molar-refractivity contribution in [2.75, 3.05) is 24.1 Å². The van der Waals surface area contributed by atoms with Crippen LogP contribution in [-0.2, 0) is 0 Å². The Morgan fingerprint density at radius 3 is 2.84 bits per heavy atom. The summed E-state index contributed by atoms with van der Waals surface area (Å²) >= 11 is 6.45. The fourth-order valence-corrected chi connectivity index (χ4v) is 4.36. The smallest absolute Gasteiger partial charge is 0.253 e. The Balaban J connectivity index is 1.34. The number of hydrogen-bond acceptors (Lipinski definition) is 5. The molecule has 1 fully saturated rings. The average Bonchev–Trinajstić information content (AvgIpc) is 3.25. The van der Waals surface area contributed by atoms with Crippen LogP contribution in [0.4, 0.5) is 11.6 Å². The number of nitrogen functional groups attached to an aromatic ring is 1. The molecular weight excluding hydrogens is 424 g/mol. The van der Waals surface area contributed by atoms with Crippen molar-refractivity contribution in [2.24, 2.45) is 0 Å². The topological polar surface area (TPSA) is 99.9 Å². The number of hydrogen-bond donors (Lipinski definition) is 3. The van der Waals surface area contributed by atoms with Crippen LogP contribution in [0.5, 0.6) is 0 Å². The van der Waals surface area contributed by atoms with Crippen LogP contribution in [0.25, 0.3) is 22.2 Å². The summed E-state index contributed by atoms with van der Waals surface area (Å²) in [6, 6.07) is 15.1. The average molecular weight is 447 g/mol. The van der Waals surface area contributed by atoms with E-state index in [0.717, 1.165) is 35.9 Å². The van der Waals surface area contributed by atoms with Gasteiger partial charge >= 0.3 is 0 Å². The highest BCUT2D eigenvalue weighted by atomic mass is 35.5. The van der Waals surface area contributed by atoms with Gasteiger partial charge in [-0.3, -0.25) is 4.79 Å². The number of rotatable bonds is 4. The van der Waals surface area contributed by atoms with Crippen LogP contribution in [0.3, 0.4) is 0 Å². The van der Waals surface area contributed by atoms with Gasteiger partial charge in [0.1, 0.15) is 0 Å². The SMILES string of the molecule is Nc1ccc(C(=O)N2CCCC(Nc3ncc(Cl)c(-c4c[nH]c5ccccc45)n3)C2)cc1. The number of H-pyrrole nitrogens is 1. The van der Waals surface area contributed by atoms with Crippen molar-refractivity contribution in [1.82, 2.24) is 19.9 Å². The fourth-order valence-electron chi connectivity index (χ4n) is 4.16. The van der Waals surface area contributed by atoms with Gasteiger partial charge in [0.15, 0.2) is 0 Å². The van der Waals surface area contributed by atoms with E-state index in [9.17, 15) is 4.79 Å². The van der Waals surface area contributed by atoms with Crippen molar-refractivity contribution in [2.45, 2.75) is 18.9 Å². The molecule has 5 rings (SSSR count). The Kier molecular flexibility index (Phi) is 5.41. The van der Waals surface area contributed by atoms with Gasteiger partial charge in [-0.25, -0.2) is 9.97 Å². The molecule has 32 heavy (non-hydrogen) atoms. The number of piperidine rings is 1. The highest BCUT2D eigenvalue weighted by Crippen LogP contribution is 2.32. The summed E-state index contributed by atoms with van der Waals surface area (Å²) in [4.78, 5) is 27.1. The van der Waals surface area contributed by atoms with Crippen LogP contribution in [0.2, 0.25) is 5.02 Å². The molecule has 162 valence electrons. The Labute approximate surface area is 190 Å². The summed E-state index contributed by atoms with van der Waals surface area (Å²) in [7, 11) is 0. The zero-order valence-electron chi connectivity index (χ0n) is 17.4. The van der Waals surface area contributed by atoms with Crippen molar-refractivity contribution in [3.63, 3.8) is 0 Å². The van der Waals surface area contributed by atoms with Crippen molar-refractivity contribution < 1.29 is 4.79 Å². The molecule has 2 aromatic heterocycles. The molecule has 1 amide bonds. The van der Waals surface area contributed by atoms with Crippen LogP contribution in [-0.4, -0.2) is 44.9 Å². The molecule has 7 nitrogen and oxygen atoms in total. The minimum absolute atomic E-state index is 0.00741. The number of aromatic nitrogens is 3. The second-order valence-electron chi connectivity index (χ2n) is 7.99. The van der Waals surface area contributed by atoms with Gasteiger partial charge in [-0.1, -0.05) is 29.8 Å². The molecule has 4 aromatic rings. The van der Waals surface area contributed by atoms with E-state index in [4.69, 9.17) is 22.3 Å². The van der Waals surface area contributed by atoms with Crippen molar-refractivity contribution in [3.8, 4) is 11.3 Å². The molecule has 0 spiro atoms. The number of likely N-dealkylation sites (tertiary alicyclic amines) is 1. The van der Waals surface area contributed by atoms with Gasteiger partial charge in [0.05, 0.1) is 16.9 Å². The van der Waals surface area contributed by atoms with Crippen LogP contribution >= 0.6 is 11.6 Å². The minimum Gasteiger partial charge on any atom is -0.399 e. The molecule has 8 heteroatoms. The largest absolute Gasteiger partial charge is 0.399 e. The van der Waals surface area contributed by atoms with Crippen molar-refractivity contribution in [1.29, 1.82) is 0 Å². The maximum absolute atomic E-state index is 12.9. The van der Waals surface area contributed by atoms with E-state index in [-0.39, 0.29) is 11.9 Å².